The summed E-state index contributed by atoms with van der Waals surface area (Å²) in [5.74, 6) is -0.155. The van der Waals surface area contributed by atoms with Crippen LogP contribution in [-0.2, 0) is 0 Å². The van der Waals surface area contributed by atoms with Crippen molar-refractivity contribution in [2.75, 3.05) is 52.4 Å². The third-order valence-electron chi connectivity index (χ3n) is 8.89. The minimum atomic E-state index is -0.0776. The van der Waals surface area contributed by atoms with Crippen LogP contribution in [0.4, 0.5) is 0 Å². The maximum atomic E-state index is 12.7. The highest BCUT2D eigenvalue weighted by Gasteiger charge is 2.10. The number of hydrogen-bond acceptors (Lipinski definition) is 4. The average Bonchev–Trinajstić information content (AvgIpc) is 3.04. The lowest BCUT2D eigenvalue weighted by atomic mass is 10.1. The highest BCUT2D eigenvalue weighted by molar-refractivity contribution is 5.97. The number of benzene rings is 1. The molecule has 2 amide bonds. The van der Waals surface area contributed by atoms with Gasteiger partial charge in [-0.3, -0.25) is 9.59 Å². The van der Waals surface area contributed by atoms with Crippen molar-refractivity contribution in [3.8, 4) is 0 Å². The summed E-state index contributed by atoms with van der Waals surface area (Å²) >= 11 is 0. The van der Waals surface area contributed by atoms with Gasteiger partial charge in [-0.25, -0.2) is 0 Å². The van der Waals surface area contributed by atoms with Crippen LogP contribution in [0.5, 0.6) is 0 Å². The third kappa shape index (κ3) is 20.9. The summed E-state index contributed by atoms with van der Waals surface area (Å²) in [5.41, 5.74) is 1.20. The van der Waals surface area contributed by atoms with Crippen LogP contribution in [0.3, 0.4) is 0 Å². The zero-order valence-corrected chi connectivity index (χ0v) is 29.4. The lowest BCUT2D eigenvalue weighted by molar-refractivity contribution is 0.0936. The summed E-state index contributed by atoms with van der Waals surface area (Å²) in [6, 6.07) is 7.02. The predicted octanol–water partition coefficient (Wildman–Crippen LogP) is 8.85. The largest absolute Gasteiger partial charge is 0.351 e. The SMILES string of the molecule is CCCCCCCCCCCN(CC)CCNC(=O)c1ccc(C(=O)NCCN(CC)CCCCCCCCCCC)cc1. The Labute approximate surface area is 272 Å². The molecule has 1 rings (SSSR count). The molecule has 6 nitrogen and oxygen atoms in total. The summed E-state index contributed by atoms with van der Waals surface area (Å²) in [4.78, 5) is 30.2. The summed E-state index contributed by atoms with van der Waals surface area (Å²) in [5, 5.41) is 6.10. The zero-order valence-electron chi connectivity index (χ0n) is 29.4. The van der Waals surface area contributed by atoms with E-state index in [0.29, 0.717) is 24.2 Å². The highest BCUT2D eigenvalue weighted by Crippen LogP contribution is 2.11. The van der Waals surface area contributed by atoms with E-state index in [9.17, 15) is 9.59 Å². The molecule has 0 aliphatic heterocycles. The van der Waals surface area contributed by atoms with Crippen molar-refractivity contribution in [1.29, 1.82) is 0 Å². The lowest BCUT2D eigenvalue weighted by Crippen LogP contribution is -2.36. The van der Waals surface area contributed by atoms with E-state index in [1.807, 2.05) is 0 Å². The molecule has 0 heterocycles. The third-order valence-corrected chi connectivity index (χ3v) is 8.89. The molecule has 0 atom stereocenters. The molecule has 0 saturated carbocycles. The molecule has 0 aromatic heterocycles. The Morgan fingerprint density at radius 3 is 1.05 bits per heavy atom. The summed E-state index contributed by atoms with van der Waals surface area (Å²) < 4.78 is 0. The second-order valence-corrected chi connectivity index (χ2v) is 12.6. The van der Waals surface area contributed by atoms with Crippen LogP contribution in [0.1, 0.15) is 164 Å². The van der Waals surface area contributed by atoms with Crippen LogP contribution in [-0.4, -0.2) is 74.0 Å². The van der Waals surface area contributed by atoms with E-state index in [4.69, 9.17) is 0 Å². The van der Waals surface area contributed by atoms with Gasteiger partial charge in [0, 0.05) is 37.3 Å². The Morgan fingerprint density at radius 1 is 0.455 bits per heavy atom. The number of hydrogen-bond donors (Lipinski definition) is 2. The molecule has 0 radical (unpaired) electrons. The molecule has 0 aliphatic carbocycles. The second-order valence-electron chi connectivity index (χ2n) is 12.6. The molecular formula is C38H70N4O2. The van der Waals surface area contributed by atoms with Gasteiger partial charge < -0.3 is 20.4 Å². The van der Waals surface area contributed by atoms with E-state index >= 15 is 0 Å². The minimum absolute atomic E-state index is 0.0776. The van der Waals surface area contributed by atoms with E-state index in [1.165, 1.54) is 116 Å². The Hall–Kier alpha value is -1.92. The first-order valence-electron chi connectivity index (χ1n) is 18.7. The van der Waals surface area contributed by atoms with Crippen LogP contribution >= 0.6 is 0 Å². The molecule has 0 fully saturated rings. The van der Waals surface area contributed by atoms with Gasteiger partial charge in [-0.15, -0.1) is 0 Å². The summed E-state index contributed by atoms with van der Waals surface area (Å²) in [7, 11) is 0. The molecule has 0 aliphatic rings. The first-order chi connectivity index (χ1) is 21.5. The molecule has 0 unspecified atom stereocenters. The molecule has 6 heteroatoms. The molecule has 1 aromatic carbocycles. The van der Waals surface area contributed by atoms with Crippen molar-refractivity contribution in [2.45, 2.75) is 143 Å². The monoisotopic (exact) mass is 615 g/mol. The molecule has 0 saturated heterocycles. The first kappa shape index (κ1) is 40.1. The van der Waals surface area contributed by atoms with Crippen molar-refractivity contribution >= 4 is 11.8 Å². The van der Waals surface area contributed by atoms with Crippen molar-refractivity contribution in [2.24, 2.45) is 0 Å². The Balaban J connectivity index is 2.20. The van der Waals surface area contributed by atoms with E-state index in [0.717, 1.165) is 39.3 Å². The van der Waals surface area contributed by atoms with Crippen LogP contribution in [0, 0.1) is 0 Å². The fourth-order valence-electron chi connectivity index (χ4n) is 5.78. The standard InChI is InChI=1S/C38H70N4O2/c1-5-9-11-13-15-17-19-21-23-31-41(7-3)33-29-39-37(43)35-25-27-36(28-26-35)38(44)40-30-34-42(8-4)32-24-22-20-18-16-14-12-10-6-2/h25-28H,5-24,29-34H2,1-4H3,(H,39,43)(H,40,44). The number of likely N-dealkylation sites (N-methyl/N-ethyl adjacent to an activating group) is 2. The van der Waals surface area contributed by atoms with Crippen LogP contribution < -0.4 is 10.6 Å². The van der Waals surface area contributed by atoms with E-state index < -0.39 is 0 Å². The first-order valence-corrected chi connectivity index (χ1v) is 18.7. The smallest absolute Gasteiger partial charge is 0.251 e. The zero-order chi connectivity index (χ0) is 32.1. The number of unbranched alkanes of at least 4 members (excludes halogenated alkanes) is 16. The van der Waals surface area contributed by atoms with Gasteiger partial charge in [0.2, 0.25) is 0 Å². The van der Waals surface area contributed by atoms with Crippen molar-refractivity contribution in [3.05, 3.63) is 35.4 Å². The Morgan fingerprint density at radius 2 is 0.750 bits per heavy atom. The molecule has 0 spiro atoms. The molecule has 2 N–H and O–H groups in total. The summed E-state index contributed by atoms with van der Waals surface area (Å²) in [6.07, 6.45) is 24.2. The van der Waals surface area contributed by atoms with Gasteiger partial charge >= 0.3 is 0 Å². The molecule has 254 valence electrons. The van der Waals surface area contributed by atoms with Gasteiger partial charge in [0.05, 0.1) is 0 Å². The normalized spacial score (nSPS) is 11.4. The fourth-order valence-corrected chi connectivity index (χ4v) is 5.78. The van der Waals surface area contributed by atoms with Gasteiger partial charge in [0.15, 0.2) is 0 Å². The number of carbonyl (C=O) groups excluding carboxylic acids is 2. The number of rotatable bonds is 30. The maximum absolute atomic E-state index is 12.7. The topological polar surface area (TPSA) is 64.7 Å². The molecule has 0 bridgehead atoms. The number of nitrogens with one attached hydrogen (secondary N) is 2. The van der Waals surface area contributed by atoms with E-state index in [-0.39, 0.29) is 11.8 Å². The fraction of sp³-hybridized carbons (Fsp3) is 0.789. The quantitative estimate of drug-likeness (QED) is 0.0850. The number of nitrogens with zero attached hydrogens (tertiary/aromatic N) is 2. The minimum Gasteiger partial charge on any atom is -0.351 e. The van der Waals surface area contributed by atoms with Gasteiger partial charge in [-0.1, -0.05) is 130 Å². The van der Waals surface area contributed by atoms with Crippen molar-refractivity contribution in [1.82, 2.24) is 20.4 Å². The van der Waals surface area contributed by atoms with E-state index in [1.54, 1.807) is 24.3 Å². The average molecular weight is 615 g/mol. The number of amides is 2. The van der Waals surface area contributed by atoms with Crippen LogP contribution in [0.25, 0.3) is 0 Å². The molecule has 44 heavy (non-hydrogen) atoms. The Kier molecular flexibility index (Phi) is 26.0. The van der Waals surface area contributed by atoms with Crippen LogP contribution in [0.15, 0.2) is 24.3 Å². The molecular weight excluding hydrogens is 544 g/mol. The van der Waals surface area contributed by atoms with Gasteiger partial charge in [-0.2, -0.15) is 0 Å². The van der Waals surface area contributed by atoms with Gasteiger partial charge in [-0.05, 0) is 63.3 Å². The van der Waals surface area contributed by atoms with E-state index in [2.05, 4.69) is 48.1 Å². The van der Waals surface area contributed by atoms with Gasteiger partial charge in [0.25, 0.3) is 11.8 Å². The van der Waals surface area contributed by atoms with Gasteiger partial charge in [0.1, 0.15) is 0 Å². The second kappa shape index (κ2) is 28.5. The number of carbonyl (C=O) groups is 2. The maximum Gasteiger partial charge on any atom is 0.251 e. The lowest BCUT2D eigenvalue weighted by Gasteiger charge is -2.20. The Bertz CT molecular complexity index is 747. The molecule has 1 aromatic rings. The van der Waals surface area contributed by atoms with Crippen molar-refractivity contribution in [3.63, 3.8) is 0 Å². The highest BCUT2D eigenvalue weighted by atomic mass is 16.2. The summed E-state index contributed by atoms with van der Waals surface area (Å²) in [6.45, 7) is 16.1. The predicted molar refractivity (Wildman–Crippen MR) is 190 cm³/mol. The van der Waals surface area contributed by atoms with Crippen LogP contribution in [0.2, 0.25) is 0 Å². The van der Waals surface area contributed by atoms with Crippen molar-refractivity contribution < 1.29 is 9.59 Å².